The third-order valence-corrected chi connectivity index (χ3v) is 15.2. The standard InChI is InChI=1S/C12H26N2.3C11H24N2.C10H22N2.C10H21N/c1-5-6-13-7-9-14(10-8-13)11-12(2,3)4;3*1-11(2,3)9-13-7-6-10(8-13)12(4)5;1-10(2,3)9-12-7-5-11(4)6-8-12;1-10(2,3)9-11-7-5-4-6-8-11/h5-11H2,1-4H3;3*10H,6-9H2,1-5H3;5-9H2,1-4H3;4-9H2,1-3H3/t;2*10-;;;/m.10.../s1. The Morgan fingerprint density at radius 1 is 0.303 bits per heavy atom. The largest absolute Gasteiger partial charge is 0.305 e. The van der Waals surface area contributed by atoms with Gasteiger partial charge in [0.1, 0.15) is 0 Å². The maximum Gasteiger partial charge on any atom is 0.0229 e. The molecule has 456 valence electrons. The minimum absolute atomic E-state index is 0.446. The van der Waals surface area contributed by atoms with Crippen LogP contribution in [0.15, 0.2) is 0 Å². The van der Waals surface area contributed by atoms with E-state index in [1.807, 2.05) is 0 Å². The van der Waals surface area contributed by atoms with Crippen LogP contribution >= 0.6 is 0 Å². The summed E-state index contributed by atoms with van der Waals surface area (Å²) in [5, 5.41) is 0. The number of hydrogen-bond donors (Lipinski definition) is 0. The van der Waals surface area contributed by atoms with E-state index in [2.05, 4.69) is 235 Å². The molecule has 0 amide bonds. The van der Waals surface area contributed by atoms with Crippen molar-refractivity contribution in [1.29, 1.82) is 0 Å². The minimum Gasteiger partial charge on any atom is -0.305 e. The molecule has 0 saturated carbocycles. The van der Waals surface area contributed by atoms with Gasteiger partial charge in [0.15, 0.2) is 0 Å². The van der Waals surface area contributed by atoms with Crippen molar-refractivity contribution in [2.45, 2.75) is 195 Å². The fourth-order valence-corrected chi connectivity index (χ4v) is 11.8. The predicted octanol–water partition coefficient (Wildman–Crippen LogP) is 10.9. The van der Waals surface area contributed by atoms with Crippen molar-refractivity contribution in [3.05, 3.63) is 0 Å². The molecule has 0 aliphatic carbocycles. The summed E-state index contributed by atoms with van der Waals surface area (Å²) < 4.78 is 0. The number of piperidine rings is 1. The molecule has 76 heavy (non-hydrogen) atoms. The van der Waals surface area contributed by atoms with Gasteiger partial charge in [-0.25, -0.2) is 0 Å². The van der Waals surface area contributed by atoms with E-state index in [1.54, 1.807) is 0 Å². The van der Waals surface area contributed by atoms with Crippen LogP contribution in [-0.2, 0) is 0 Å². The van der Waals surface area contributed by atoms with Crippen LogP contribution in [0.25, 0.3) is 0 Å². The predicted molar refractivity (Wildman–Crippen MR) is 340 cm³/mol. The molecule has 6 fully saturated rings. The normalized spacial score (nSPS) is 24.0. The van der Waals surface area contributed by atoms with Gasteiger partial charge in [-0.3, -0.25) is 0 Å². The average molecular weight is 1080 g/mol. The average Bonchev–Trinajstić information content (AvgIpc) is 4.03. The Morgan fingerprint density at radius 3 is 0.776 bits per heavy atom. The topological polar surface area (TPSA) is 35.6 Å². The number of likely N-dealkylation sites (tertiary alicyclic amines) is 4. The van der Waals surface area contributed by atoms with E-state index in [0.717, 1.165) is 18.1 Å². The summed E-state index contributed by atoms with van der Waals surface area (Å²) in [6.45, 7) is 73.0. The van der Waals surface area contributed by atoms with E-state index >= 15 is 0 Å². The highest BCUT2D eigenvalue weighted by molar-refractivity contribution is 4.86. The Bertz CT molecular complexity index is 1330. The van der Waals surface area contributed by atoms with Crippen LogP contribution < -0.4 is 0 Å². The Morgan fingerprint density at radius 2 is 0.539 bits per heavy atom. The van der Waals surface area contributed by atoms with Crippen LogP contribution in [0, 0.1) is 32.5 Å². The van der Waals surface area contributed by atoms with Crippen molar-refractivity contribution >= 4 is 0 Å². The smallest absolute Gasteiger partial charge is 0.0229 e. The second-order valence-electron chi connectivity index (χ2n) is 32.8. The van der Waals surface area contributed by atoms with Crippen molar-refractivity contribution in [2.75, 3.05) is 200 Å². The lowest BCUT2D eigenvalue weighted by molar-refractivity contribution is 0.103. The van der Waals surface area contributed by atoms with Gasteiger partial charge >= 0.3 is 0 Å². The second kappa shape index (κ2) is 34.9. The van der Waals surface area contributed by atoms with Gasteiger partial charge in [0.2, 0.25) is 0 Å². The summed E-state index contributed by atoms with van der Waals surface area (Å²) in [5.41, 5.74) is 2.73. The first-order valence-electron chi connectivity index (χ1n) is 31.5. The van der Waals surface area contributed by atoms with E-state index in [4.69, 9.17) is 0 Å². The van der Waals surface area contributed by atoms with Gasteiger partial charge in [0.05, 0.1) is 0 Å². The molecule has 0 radical (unpaired) electrons. The van der Waals surface area contributed by atoms with Gasteiger partial charge in [0, 0.05) is 129 Å². The van der Waals surface area contributed by atoms with Gasteiger partial charge in [-0.2, -0.15) is 0 Å². The molecule has 11 nitrogen and oxygen atoms in total. The fourth-order valence-electron chi connectivity index (χ4n) is 11.8. The highest BCUT2D eigenvalue weighted by atomic mass is 15.3. The number of rotatable bonds is 11. The van der Waals surface area contributed by atoms with Gasteiger partial charge in [-0.05, 0) is 160 Å². The third kappa shape index (κ3) is 39.1. The fraction of sp³-hybridized carbons (Fsp3) is 1.00. The van der Waals surface area contributed by atoms with E-state index in [1.165, 1.54) is 195 Å². The minimum atomic E-state index is 0.446. The molecule has 6 aliphatic rings. The maximum atomic E-state index is 2.60. The summed E-state index contributed by atoms with van der Waals surface area (Å²) in [6.07, 6.45) is 9.57. The molecule has 0 spiro atoms. The number of hydrogen-bond acceptors (Lipinski definition) is 11. The first-order valence-corrected chi connectivity index (χ1v) is 31.5. The van der Waals surface area contributed by atoms with Crippen LogP contribution in [0.2, 0.25) is 0 Å². The maximum absolute atomic E-state index is 2.60. The molecule has 0 aromatic heterocycles. The molecule has 11 heteroatoms. The third-order valence-electron chi connectivity index (χ3n) is 15.2. The zero-order valence-corrected chi connectivity index (χ0v) is 56.9. The lowest BCUT2D eigenvalue weighted by atomic mass is 9.95. The quantitative estimate of drug-likeness (QED) is 0.199. The highest BCUT2D eigenvalue weighted by Crippen LogP contribution is 2.24. The first kappa shape index (κ1) is 73.6. The van der Waals surface area contributed by atoms with Crippen molar-refractivity contribution in [3.63, 3.8) is 0 Å². The Kier molecular flexibility index (Phi) is 33.8. The Labute approximate surface area is 478 Å². The molecule has 3 atom stereocenters. The summed E-state index contributed by atoms with van der Waals surface area (Å²) >= 11 is 0. The molecule has 0 aromatic rings. The van der Waals surface area contributed by atoms with Crippen molar-refractivity contribution in [1.82, 2.24) is 53.9 Å². The van der Waals surface area contributed by atoms with E-state index in [0.29, 0.717) is 32.5 Å². The summed E-state index contributed by atoms with van der Waals surface area (Å²) in [4.78, 5) is 27.6. The van der Waals surface area contributed by atoms with Gasteiger partial charge in [-0.1, -0.05) is 138 Å². The summed E-state index contributed by atoms with van der Waals surface area (Å²) in [5.74, 6) is 0. The van der Waals surface area contributed by atoms with Gasteiger partial charge < -0.3 is 53.9 Å². The van der Waals surface area contributed by atoms with Crippen LogP contribution in [-0.4, -0.2) is 272 Å². The molecule has 6 heterocycles. The SMILES string of the molecule is CC(C)(C)CN1CCCCC1.CCCN1CCN(CC(C)(C)C)CC1.CN(C)C1CCN(CC(C)(C)C)C1.CN(C)[C@@H]1CCN(CC(C)(C)C)C1.CN(C)[C@H]1CCN(CC(C)(C)C)C1.CN1CCN(CC(C)(C)C)CC1. The van der Waals surface area contributed by atoms with Crippen molar-refractivity contribution in [3.8, 4) is 0 Å². The first-order chi connectivity index (χ1) is 34.7. The lowest BCUT2D eigenvalue weighted by Gasteiger charge is -2.37. The molecular weight excluding hydrogens is 935 g/mol. The van der Waals surface area contributed by atoms with E-state index in [-0.39, 0.29) is 0 Å². The molecule has 6 rings (SSSR count). The van der Waals surface area contributed by atoms with E-state index < -0.39 is 0 Å². The van der Waals surface area contributed by atoms with Gasteiger partial charge in [-0.15, -0.1) is 0 Å². The highest BCUT2D eigenvalue weighted by Gasteiger charge is 2.30. The van der Waals surface area contributed by atoms with E-state index in [9.17, 15) is 0 Å². The second-order valence-corrected chi connectivity index (χ2v) is 32.8. The van der Waals surface area contributed by atoms with Crippen LogP contribution in [0.4, 0.5) is 0 Å². The molecule has 6 saturated heterocycles. The molecule has 1 unspecified atom stereocenters. The van der Waals surface area contributed by atoms with Crippen molar-refractivity contribution < 1.29 is 0 Å². The van der Waals surface area contributed by atoms with Crippen LogP contribution in [0.5, 0.6) is 0 Å². The Hall–Kier alpha value is -0.440. The van der Waals surface area contributed by atoms with Crippen LogP contribution in [0.1, 0.15) is 176 Å². The summed E-state index contributed by atoms with van der Waals surface area (Å²) in [7, 11) is 15.3. The number of piperazine rings is 2. The molecule has 0 N–H and O–H groups in total. The van der Waals surface area contributed by atoms with Gasteiger partial charge in [0.25, 0.3) is 0 Å². The van der Waals surface area contributed by atoms with Crippen LogP contribution in [0.3, 0.4) is 0 Å². The lowest BCUT2D eigenvalue weighted by Crippen LogP contribution is -2.48. The molecule has 6 aliphatic heterocycles. The van der Waals surface area contributed by atoms with Crippen molar-refractivity contribution in [2.24, 2.45) is 32.5 Å². The monoisotopic (exact) mass is 1080 g/mol. The Balaban J connectivity index is 0.000000457. The number of likely N-dealkylation sites (N-methyl/N-ethyl adjacent to an activating group) is 4. The molecule has 0 bridgehead atoms. The zero-order valence-electron chi connectivity index (χ0n) is 56.9. The number of nitrogens with zero attached hydrogens (tertiary/aromatic N) is 11. The molecular formula is C65H141N11. The summed E-state index contributed by atoms with van der Waals surface area (Å²) in [6, 6.07) is 2.34. The zero-order chi connectivity index (χ0) is 58.3. The molecule has 0 aromatic carbocycles.